The number of aromatic nitrogens is 2. The van der Waals surface area contributed by atoms with Gasteiger partial charge in [0.2, 0.25) is 0 Å². The number of carbonyl (C=O) groups excluding carboxylic acids is 1. The molecule has 0 atom stereocenters. The van der Waals surface area contributed by atoms with Crippen LogP contribution in [0, 0.1) is 0 Å². The van der Waals surface area contributed by atoms with Gasteiger partial charge in [0, 0.05) is 5.56 Å². The summed E-state index contributed by atoms with van der Waals surface area (Å²) < 4.78 is 11.1. The molecule has 0 aliphatic rings. The Morgan fingerprint density at radius 3 is 2.56 bits per heavy atom. The Morgan fingerprint density at radius 2 is 1.78 bits per heavy atom. The molecular formula is C25H22N4O3. The molecule has 4 aromatic rings. The number of para-hydroxylation sites is 1. The topological polar surface area (TPSA) is 88.6 Å². The molecule has 3 aromatic carbocycles. The van der Waals surface area contributed by atoms with Crippen LogP contribution in [0.25, 0.3) is 11.3 Å². The molecular weight excluding hydrogens is 404 g/mol. The number of methoxy groups -OCH3 is 1. The number of carbonyl (C=O) groups is 1. The fourth-order valence-electron chi connectivity index (χ4n) is 3.03. The monoisotopic (exact) mass is 426 g/mol. The highest BCUT2D eigenvalue weighted by Gasteiger charge is 2.13. The summed E-state index contributed by atoms with van der Waals surface area (Å²) in [5, 5.41) is 11.0. The quantitative estimate of drug-likeness (QED) is 0.322. The van der Waals surface area contributed by atoms with Gasteiger partial charge >= 0.3 is 0 Å². The SMILES string of the molecule is COc1ccc(C=NNC(=O)c2cc(-c3ccccc3OCc3ccccc3)n[nH]2)cc1. The van der Waals surface area contributed by atoms with Crippen molar-refractivity contribution in [1.82, 2.24) is 15.6 Å². The van der Waals surface area contributed by atoms with E-state index in [1.807, 2.05) is 78.9 Å². The largest absolute Gasteiger partial charge is 0.497 e. The summed E-state index contributed by atoms with van der Waals surface area (Å²) >= 11 is 0. The molecule has 0 saturated carbocycles. The molecule has 2 N–H and O–H groups in total. The van der Waals surface area contributed by atoms with Crippen molar-refractivity contribution in [2.75, 3.05) is 7.11 Å². The van der Waals surface area contributed by atoms with Crippen molar-refractivity contribution >= 4 is 12.1 Å². The fraction of sp³-hybridized carbons (Fsp3) is 0.0800. The first-order valence-electron chi connectivity index (χ1n) is 10.0. The number of hydrogen-bond donors (Lipinski definition) is 2. The van der Waals surface area contributed by atoms with Gasteiger partial charge in [-0.1, -0.05) is 42.5 Å². The molecule has 1 amide bonds. The maximum Gasteiger partial charge on any atom is 0.289 e. The minimum atomic E-state index is -0.392. The predicted molar refractivity (Wildman–Crippen MR) is 123 cm³/mol. The van der Waals surface area contributed by atoms with Gasteiger partial charge in [-0.25, -0.2) is 5.43 Å². The number of nitrogens with one attached hydrogen (secondary N) is 2. The molecule has 32 heavy (non-hydrogen) atoms. The molecule has 1 heterocycles. The smallest absolute Gasteiger partial charge is 0.289 e. The molecule has 0 unspecified atom stereocenters. The predicted octanol–water partition coefficient (Wildman–Crippen LogP) is 4.43. The van der Waals surface area contributed by atoms with E-state index >= 15 is 0 Å². The zero-order valence-corrected chi connectivity index (χ0v) is 17.5. The summed E-state index contributed by atoms with van der Waals surface area (Å²) in [5.74, 6) is 1.05. The summed E-state index contributed by atoms with van der Waals surface area (Å²) in [5.41, 5.74) is 6.10. The number of aromatic amines is 1. The van der Waals surface area contributed by atoms with E-state index < -0.39 is 5.91 Å². The molecule has 7 heteroatoms. The summed E-state index contributed by atoms with van der Waals surface area (Å²) in [7, 11) is 1.61. The van der Waals surface area contributed by atoms with Crippen molar-refractivity contribution < 1.29 is 14.3 Å². The molecule has 7 nitrogen and oxygen atoms in total. The van der Waals surface area contributed by atoms with Crippen molar-refractivity contribution in [3.8, 4) is 22.8 Å². The molecule has 160 valence electrons. The van der Waals surface area contributed by atoms with Crippen LogP contribution in [0.2, 0.25) is 0 Å². The number of hydrogen-bond acceptors (Lipinski definition) is 5. The van der Waals surface area contributed by atoms with Crippen LogP contribution in [-0.2, 0) is 6.61 Å². The van der Waals surface area contributed by atoms with Crippen molar-refractivity contribution in [3.05, 3.63) is 102 Å². The van der Waals surface area contributed by atoms with E-state index in [9.17, 15) is 4.79 Å². The minimum absolute atomic E-state index is 0.296. The lowest BCUT2D eigenvalue weighted by Gasteiger charge is -2.10. The molecule has 0 radical (unpaired) electrons. The van der Waals surface area contributed by atoms with Crippen molar-refractivity contribution in [2.24, 2.45) is 5.10 Å². The number of hydrazone groups is 1. The second-order valence-electron chi connectivity index (χ2n) is 6.91. The Kier molecular flexibility index (Phi) is 6.57. The second kappa shape index (κ2) is 10.1. The molecule has 1 aromatic heterocycles. The van der Waals surface area contributed by atoms with Gasteiger partial charge in [-0.2, -0.15) is 10.2 Å². The van der Waals surface area contributed by atoms with Gasteiger partial charge in [0.25, 0.3) is 5.91 Å². The summed E-state index contributed by atoms with van der Waals surface area (Å²) in [4.78, 5) is 12.4. The Labute approximate surface area is 185 Å². The Balaban J connectivity index is 1.41. The average Bonchev–Trinajstić information content (AvgIpc) is 3.34. The number of rotatable bonds is 8. The van der Waals surface area contributed by atoms with Crippen LogP contribution in [-0.4, -0.2) is 29.4 Å². The maximum atomic E-state index is 12.4. The zero-order chi connectivity index (χ0) is 22.2. The minimum Gasteiger partial charge on any atom is -0.497 e. The van der Waals surface area contributed by atoms with Crippen molar-refractivity contribution in [2.45, 2.75) is 6.61 Å². The standard InChI is InChI=1S/C25H22N4O3/c1-31-20-13-11-18(12-14-20)16-26-29-25(30)23-15-22(27-28-23)21-9-5-6-10-24(21)32-17-19-7-3-2-4-8-19/h2-16H,17H2,1H3,(H,27,28)(H,29,30). The number of nitrogens with zero attached hydrogens (tertiary/aromatic N) is 2. The lowest BCUT2D eigenvalue weighted by atomic mass is 10.1. The number of benzene rings is 3. The molecule has 0 bridgehead atoms. The Morgan fingerprint density at radius 1 is 1.03 bits per heavy atom. The van der Waals surface area contributed by atoms with E-state index in [0.29, 0.717) is 23.7 Å². The summed E-state index contributed by atoms with van der Waals surface area (Å²) in [6.45, 7) is 0.440. The van der Waals surface area contributed by atoms with Crippen LogP contribution in [0.4, 0.5) is 0 Å². The third-order valence-electron chi connectivity index (χ3n) is 4.72. The highest BCUT2D eigenvalue weighted by atomic mass is 16.5. The van der Waals surface area contributed by atoms with Crippen LogP contribution < -0.4 is 14.9 Å². The van der Waals surface area contributed by atoms with Gasteiger partial charge in [0.15, 0.2) is 0 Å². The van der Waals surface area contributed by atoms with Crippen LogP contribution >= 0.6 is 0 Å². The van der Waals surface area contributed by atoms with E-state index in [-0.39, 0.29) is 0 Å². The highest BCUT2D eigenvalue weighted by Crippen LogP contribution is 2.29. The number of H-pyrrole nitrogens is 1. The van der Waals surface area contributed by atoms with Gasteiger partial charge in [-0.15, -0.1) is 0 Å². The van der Waals surface area contributed by atoms with E-state index in [2.05, 4.69) is 20.7 Å². The normalized spacial score (nSPS) is 10.8. The van der Waals surface area contributed by atoms with E-state index in [4.69, 9.17) is 9.47 Å². The molecule has 0 saturated heterocycles. The lowest BCUT2D eigenvalue weighted by molar-refractivity contribution is 0.0950. The maximum absolute atomic E-state index is 12.4. The summed E-state index contributed by atoms with van der Waals surface area (Å²) in [6.07, 6.45) is 1.56. The molecule has 0 aliphatic heterocycles. The lowest BCUT2D eigenvalue weighted by Crippen LogP contribution is -2.17. The molecule has 4 rings (SSSR count). The van der Waals surface area contributed by atoms with Gasteiger partial charge < -0.3 is 9.47 Å². The number of amides is 1. The van der Waals surface area contributed by atoms with Crippen molar-refractivity contribution in [1.29, 1.82) is 0 Å². The van der Waals surface area contributed by atoms with Crippen LogP contribution in [0.15, 0.2) is 90.0 Å². The van der Waals surface area contributed by atoms with Gasteiger partial charge in [-0.05, 0) is 53.6 Å². The number of ether oxygens (including phenoxy) is 2. The van der Waals surface area contributed by atoms with Crippen LogP contribution in [0.1, 0.15) is 21.6 Å². The molecule has 0 spiro atoms. The first-order chi connectivity index (χ1) is 15.7. The molecule has 0 aliphatic carbocycles. The van der Waals surface area contributed by atoms with E-state index in [1.54, 1.807) is 19.4 Å². The first kappa shape index (κ1) is 20.9. The second-order valence-corrected chi connectivity index (χ2v) is 6.91. The van der Waals surface area contributed by atoms with Crippen molar-refractivity contribution in [3.63, 3.8) is 0 Å². The molecule has 0 fully saturated rings. The highest BCUT2D eigenvalue weighted by molar-refractivity contribution is 5.94. The van der Waals surface area contributed by atoms with Crippen LogP contribution in [0.3, 0.4) is 0 Å². The van der Waals surface area contributed by atoms with Gasteiger partial charge in [0.1, 0.15) is 23.8 Å². The Bertz CT molecular complexity index is 1200. The third kappa shape index (κ3) is 5.20. The average molecular weight is 426 g/mol. The van der Waals surface area contributed by atoms with Gasteiger partial charge in [0.05, 0.1) is 19.0 Å². The third-order valence-corrected chi connectivity index (χ3v) is 4.72. The van der Waals surface area contributed by atoms with Gasteiger partial charge in [-0.3, -0.25) is 9.89 Å². The van der Waals surface area contributed by atoms with E-state index in [1.165, 1.54) is 0 Å². The van der Waals surface area contributed by atoms with E-state index in [0.717, 1.165) is 22.4 Å². The Hall–Kier alpha value is -4.39. The fourth-order valence-corrected chi connectivity index (χ4v) is 3.03. The van der Waals surface area contributed by atoms with Crippen LogP contribution in [0.5, 0.6) is 11.5 Å². The summed E-state index contributed by atoms with van der Waals surface area (Å²) in [6, 6.07) is 26.5. The zero-order valence-electron chi connectivity index (χ0n) is 17.5. The first-order valence-corrected chi connectivity index (χ1v) is 10.0.